The Morgan fingerprint density at radius 3 is 2.54 bits per heavy atom. The van der Waals surface area contributed by atoms with E-state index in [2.05, 4.69) is 31.8 Å². The minimum atomic E-state index is -1.66. The zero-order valence-corrected chi connectivity index (χ0v) is 15.8. The maximum Gasteiger partial charge on any atom is 0.189 e. The van der Waals surface area contributed by atoms with Crippen LogP contribution in [0.25, 0.3) is 0 Å². The third-order valence-electron chi connectivity index (χ3n) is 5.69. The number of hydrogen-bond donors (Lipinski definition) is 2. The van der Waals surface area contributed by atoms with Crippen LogP contribution in [0.15, 0.2) is 48.6 Å². The molecule has 4 atom stereocenters. The second kappa shape index (κ2) is 7.69. The highest BCUT2D eigenvalue weighted by Gasteiger charge is 2.58. The number of ether oxygens (including phenoxy) is 1. The summed E-state index contributed by atoms with van der Waals surface area (Å²) in [7, 11) is 2.05. The van der Waals surface area contributed by atoms with E-state index in [0.29, 0.717) is 18.9 Å². The van der Waals surface area contributed by atoms with E-state index in [-0.39, 0.29) is 11.6 Å². The summed E-state index contributed by atoms with van der Waals surface area (Å²) in [5.41, 5.74) is -0.0974. The first kappa shape index (κ1) is 19.4. The first-order valence-electron chi connectivity index (χ1n) is 9.18. The van der Waals surface area contributed by atoms with Gasteiger partial charge < -0.3 is 15.0 Å². The molecule has 1 heterocycles. The largest absolute Gasteiger partial charge is 0.490 e. The van der Waals surface area contributed by atoms with Gasteiger partial charge in [0.1, 0.15) is 18.3 Å². The topological polar surface area (TPSA) is 109 Å². The normalized spacial score (nSPS) is 27.9. The molecule has 0 saturated heterocycles. The fraction of sp³-hybridized carbons (Fsp3) is 0.364. The zero-order valence-electron chi connectivity index (χ0n) is 15.8. The number of benzene rings is 1. The number of nitrogens with one attached hydrogen (secondary N) is 2. The lowest BCUT2D eigenvalue weighted by Gasteiger charge is -2.46. The molecule has 0 aromatic heterocycles. The molecular weight excluding hydrogens is 350 g/mol. The third-order valence-corrected chi connectivity index (χ3v) is 5.69. The van der Waals surface area contributed by atoms with E-state index in [1.807, 2.05) is 18.2 Å². The summed E-state index contributed by atoms with van der Waals surface area (Å²) in [5.74, 6) is -0.795. The summed E-state index contributed by atoms with van der Waals surface area (Å²) in [4.78, 5) is 1.25. The molecule has 3 rings (SSSR count). The van der Waals surface area contributed by atoms with Crippen LogP contribution in [-0.4, -0.2) is 32.5 Å². The van der Waals surface area contributed by atoms with Crippen molar-refractivity contribution in [2.45, 2.75) is 5.92 Å². The van der Waals surface area contributed by atoms with Crippen LogP contribution >= 0.6 is 0 Å². The van der Waals surface area contributed by atoms with Crippen LogP contribution < -0.4 is 9.64 Å². The highest BCUT2D eigenvalue weighted by atomic mass is 16.5. The van der Waals surface area contributed by atoms with Gasteiger partial charge in [-0.1, -0.05) is 24.8 Å². The fourth-order valence-corrected chi connectivity index (χ4v) is 4.36. The van der Waals surface area contributed by atoms with Crippen molar-refractivity contribution in [2.24, 2.45) is 17.3 Å². The van der Waals surface area contributed by atoms with Gasteiger partial charge in [0.05, 0.1) is 44.1 Å². The number of quaternary nitrogens is 1. The lowest BCUT2D eigenvalue weighted by atomic mass is 9.54. The van der Waals surface area contributed by atoms with Crippen LogP contribution in [0.5, 0.6) is 5.75 Å². The van der Waals surface area contributed by atoms with Crippen molar-refractivity contribution in [1.82, 2.24) is 0 Å². The van der Waals surface area contributed by atoms with Gasteiger partial charge in [0.15, 0.2) is 5.41 Å². The second-order valence-corrected chi connectivity index (χ2v) is 7.33. The number of rotatable bonds is 4. The molecule has 1 aliphatic heterocycles. The monoisotopic (exact) mass is 372 g/mol. The number of hydrogen-bond acceptors (Lipinski definition) is 5. The Labute approximate surface area is 165 Å². The quantitative estimate of drug-likeness (QED) is 0.783. The summed E-state index contributed by atoms with van der Waals surface area (Å²) >= 11 is 0. The van der Waals surface area contributed by atoms with E-state index in [0.717, 1.165) is 17.7 Å². The summed E-state index contributed by atoms with van der Waals surface area (Å²) in [5, 5.41) is 38.3. The maximum absolute atomic E-state index is 10.00. The predicted molar refractivity (Wildman–Crippen MR) is 104 cm³/mol. The molecular formula is C22H22N5O+. The average molecular weight is 372 g/mol. The molecule has 140 valence electrons. The van der Waals surface area contributed by atoms with Gasteiger partial charge in [0.2, 0.25) is 0 Å². The third kappa shape index (κ3) is 2.97. The Bertz CT molecular complexity index is 927. The van der Waals surface area contributed by atoms with E-state index in [9.17, 15) is 15.8 Å². The van der Waals surface area contributed by atoms with Crippen molar-refractivity contribution >= 4 is 5.71 Å². The molecule has 2 unspecified atom stereocenters. The van der Waals surface area contributed by atoms with Gasteiger partial charge in [-0.15, -0.1) is 0 Å². The molecule has 0 bridgehead atoms. The molecule has 1 fully saturated rings. The Morgan fingerprint density at radius 1 is 1.29 bits per heavy atom. The van der Waals surface area contributed by atoms with Crippen molar-refractivity contribution in [3.63, 3.8) is 0 Å². The molecule has 6 nitrogen and oxygen atoms in total. The van der Waals surface area contributed by atoms with E-state index in [4.69, 9.17) is 10.1 Å². The molecule has 1 aliphatic carbocycles. The first-order valence-corrected chi connectivity index (χ1v) is 9.18. The lowest BCUT2D eigenvalue weighted by Crippen LogP contribution is -3.10. The Kier molecular flexibility index (Phi) is 5.32. The van der Waals surface area contributed by atoms with E-state index in [1.54, 1.807) is 18.2 Å². The number of likely N-dealkylation sites (N-methyl/N-ethyl adjacent to an activating group) is 1. The molecule has 0 radical (unpaired) electrons. The van der Waals surface area contributed by atoms with Gasteiger partial charge in [-0.2, -0.15) is 15.8 Å². The summed E-state index contributed by atoms with van der Waals surface area (Å²) < 4.78 is 5.53. The molecule has 2 aliphatic rings. The van der Waals surface area contributed by atoms with Gasteiger partial charge in [-0.05, 0) is 29.3 Å². The van der Waals surface area contributed by atoms with Gasteiger partial charge >= 0.3 is 0 Å². The first-order chi connectivity index (χ1) is 13.5. The van der Waals surface area contributed by atoms with Crippen LogP contribution in [0.4, 0.5) is 0 Å². The molecule has 6 heteroatoms. The molecule has 28 heavy (non-hydrogen) atoms. The van der Waals surface area contributed by atoms with Crippen molar-refractivity contribution in [3.05, 3.63) is 54.1 Å². The van der Waals surface area contributed by atoms with Crippen LogP contribution in [0.3, 0.4) is 0 Å². The number of nitriles is 3. The summed E-state index contributed by atoms with van der Waals surface area (Å²) in [6, 6.07) is 13.7. The molecule has 2 N–H and O–H groups in total. The van der Waals surface area contributed by atoms with E-state index < -0.39 is 17.3 Å². The Balaban J connectivity index is 2.13. The minimum absolute atomic E-state index is 0.112. The van der Waals surface area contributed by atoms with Crippen molar-refractivity contribution in [3.8, 4) is 24.0 Å². The van der Waals surface area contributed by atoms with Crippen molar-refractivity contribution < 1.29 is 9.64 Å². The zero-order chi connectivity index (χ0) is 20.3. The molecule has 1 aromatic rings. The van der Waals surface area contributed by atoms with Gasteiger partial charge in [-0.25, -0.2) is 0 Å². The number of fused-ring (bicyclic) bond motifs is 1. The lowest BCUT2D eigenvalue weighted by molar-refractivity contribution is -0.878. The van der Waals surface area contributed by atoms with Gasteiger partial charge in [-0.3, -0.25) is 0 Å². The second-order valence-electron chi connectivity index (χ2n) is 7.33. The summed E-state index contributed by atoms with van der Waals surface area (Å²) in [6.45, 7) is 5.50. The molecule has 1 aromatic carbocycles. The Hall–Kier alpha value is -3.40. The molecule has 0 amide bonds. The van der Waals surface area contributed by atoms with Crippen molar-refractivity contribution in [2.75, 3.05) is 26.7 Å². The smallest absolute Gasteiger partial charge is 0.189 e. The van der Waals surface area contributed by atoms with Crippen LogP contribution in [0.2, 0.25) is 0 Å². The fourth-order valence-electron chi connectivity index (χ4n) is 4.36. The Morgan fingerprint density at radius 2 is 1.96 bits per heavy atom. The van der Waals surface area contributed by atoms with E-state index in [1.165, 1.54) is 4.90 Å². The number of nitrogens with zero attached hydrogens (tertiary/aromatic N) is 3. The standard InChI is InChI=1S/C22H21N5O/c1-3-10-28-16-6-4-15(5-7-16)20-19-12-27(2)9-8-17(19)18(11-23)21(26)22(20,13-24)14-25/h3-8,18-20,26H,1,9-10,12H2,2H3/p+1/t18?,19-,20-/m0/s1. The molecule has 0 spiro atoms. The van der Waals surface area contributed by atoms with Crippen LogP contribution in [0.1, 0.15) is 11.5 Å². The van der Waals surface area contributed by atoms with Gasteiger partial charge in [0.25, 0.3) is 0 Å². The SMILES string of the molecule is C=CCOc1ccc([C@H]2[C@H]3C[NH+](C)CC=C3C(C#N)C(=N)C2(C#N)C#N)cc1. The summed E-state index contributed by atoms with van der Waals surface area (Å²) in [6.07, 6.45) is 3.67. The highest BCUT2D eigenvalue weighted by Crippen LogP contribution is 2.52. The van der Waals surface area contributed by atoms with Crippen LogP contribution in [-0.2, 0) is 0 Å². The van der Waals surface area contributed by atoms with Crippen LogP contribution in [0, 0.1) is 56.7 Å². The predicted octanol–water partition coefficient (Wildman–Crippen LogP) is 1.61. The maximum atomic E-state index is 10.00. The average Bonchev–Trinajstić information content (AvgIpc) is 2.72. The van der Waals surface area contributed by atoms with Gasteiger partial charge in [0, 0.05) is 11.8 Å². The molecule has 1 saturated carbocycles. The van der Waals surface area contributed by atoms with E-state index >= 15 is 0 Å². The highest BCUT2D eigenvalue weighted by molar-refractivity contribution is 6.00. The van der Waals surface area contributed by atoms with Crippen molar-refractivity contribution in [1.29, 1.82) is 21.2 Å². The minimum Gasteiger partial charge on any atom is -0.490 e.